The number of ether oxygens (including phenoxy) is 2. The number of nitrogens with zero attached hydrogens (tertiary/aromatic N) is 1. The maximum atomic E-state index is 13.4. The fourth-order valence-corrected chi connectivity index (χ4v) is 3.67. The van der Waals surface area contributed by atoms with Gasteiger partial charge < -0.3 is 14.8 Å². The number of unbranched alkanes of at least 4 members (excludes halogenated alkanes) is 1. The number of nitrogens with one attached hydrogen (secondary N) is 1. The van der Waals surface area contributed by atoms with Crippen LogP contribution in [-0.4, -0.2) is 43.6 Å². The molecule has 0 spiro atoms. The molecule has 32 heavy (non-hydrogen) atoms. The first-order chi connectivity index (χ1) is 15.5. The Morgan fingerprint density at radius 2 is 1.72 bits per heavy atom. The molecule has 0 saturated heterocycles. The summed E-state index contributed by atoms with van der Waals surface area (Å²) in [6, 6.07) is 13.3. The average molecular weight is 437 g/mol. The van der Waals surface area contributed by atoms with E-state index in [1.165, 1.54) is 4.90 Å². The zero-order valence-electron chi connectivity index (χ0n) is 19.4. The van der Waals surface area contributed by atoms with Crippen molar-refractivity contribution in [2.24, 2.45) is 0 Å². The summed E-state index contributed by atoms with van der Waals surface area (Å²) in [5.74, 6) is -0.0973. The smallest absolute Gasteiger partial charge is 0.278 e. The summed E-state index contributed by atoms with van der Waals surface area (Å²) in [6.07, 6.45) is 2.67. The molecule has 2 amide bonds. The minimum absolute atomic E-state index is 0.278. The minimum atomic E-state index is -0.328. The van der Waals surface area contributed by atoms with E-state index in [4.69, 9.17) is 9.47 Å². The van der Waals surface area contributed by atoms with Crippen LogP contribution in [0.5, 0.6) is 5.75 Å². The van der Waals surface area contributed by atoms with Crippen molar-refractivity contribution in [3.8, 4) is 5.75 Å². The summed E-state index contributed by atoms with van der Waals surface area (Å²) < 4.78 is 11.1. The normalized spacial score (nSPS) is 13.8. The van der Waals surface area contributed by atoms with Gasteiger partial charge in [0.1, 0.15) is 11.4 Å². The number of carbonyl (C=O) groups excluding carboxylic acids is 2. The van der Waals surface area contributed by atoms with Crippen LogP contribution in [0.1, 0.15) is 42.9 Å². The number of para-hydroxylation sites is 1. The van der Waals surface area contributed by atoms with Crippen molar-refractivity contribution in [3.05, 3.63) is 64.9 Å². The van der Waals surface area contributed by atoms with Gasteiger partial charge in [0.25, 0.3) is 11.8 Å². The molecule has 0 bridgehead atoms. The van der Waals surface area contributed by atoms with Crippen molar-refractivity contribution in [1.29, 1.82) is 0 Å². The van der Waals surface area contributed by atoms with Gasteiger partial charge in [0.15, 0.2) is 0 Å². The molecule has 3 rings (SSSR count). The van der Waals surface area contributed by atoms with Gasteiger partial charge in [-0.15, -0.1) is 0 Å². The van der Waals surface area contributed by atoms with Gasteiger partial charge in [0.05, 0.1) is 12.7 Å². The van der Waals surface area contributed by atoms with E-state index in [1.54, 1.807) is 13.2 Å². The summed E-state index contributed by atoms with van der Waals surface area (Å²) in [7, 11) is 1.56. The van der Waals surface area contributed by atoms with Crippen LogP contribution in [0.4, 0.5) is 5.69 Å². The number of hydrogen-bond acceptors (Lipinski definition) is 5. The molecule has 2 aromatic carbocycles. The van der Waals surface area contributed by atoms with Gasteiger partial charge in [-0.1, -0.05) is 43.7 Å². The van der Waals surface area contributed by atoms with Crippen molar-refractivity contribution in [2.45, 2.75) is 40.0 Å². The Morgan fingerprint density at radius 3 is 2.47 bits per heavy atom. The number of anilines is 1. The van der Waals surface area contributed by atoms with E-state index in [-0.39, 0.29) is 17.5 Å². The zero-order valence-corrected chi connectivity index (χ0v) is 19.4. The van der Waals surface area contributed by atoms with E-state index in [0.29, 0.717) is 43.1 Å². The molecule has 1 heterocycles. The number of hydrogen-bond donors (Lipinski definition) is 1. The molecule has 0 fully saturated rings. The molecular formula is C26H32N2O4. The van der Waals surface area contributed by atoms with Crippen LogP contribution in [0.3, 0.4) is 0 Å². The maximum Gasteiger partial charge on any atom is 0.278 e. The molecular weight excluding hydrogens is 404 g/mol. The molecule has 0 atom stereocenters. The largest absolute Gasteiger partial charge is 0.496 e. The Kier molecular flexibility index (Phi) is 8.06. The predicted octanol–water partition coefficient (Wildman–Crippen LogP) is 4.71. The van der Waals surface area contributed by atoms with Gasteiger partial charge in [-0.05, 0) is 49.9 Å². The molecule has 6 heteroatoms. The molecule has 2 aromatic rings. The summed E-state index contributed by atoms with van der Waals surface area (Å²) in [5, 5.41) is 3.26. The van der Waals surface area contributed by atoms with E-state index < -0.39 is 0 Å². The van der Waals surface area contributed by atoms with Crippen molar-refractivity contribution >= 4 is 23.1 Å². The highest BCUT2D eigenvalue weighted by Crippen LogP contribution is 2.35. The maximum absolute atomic E-state index is 13.4. The lowest BCUT2D eigenvalue weighted by molar-refractivity contribution is -0.137. The minimum Gasteiger partial charge on any atom is -0.496 e. The lowest BCUT2D eigenvalue weighted by Gasteiger charge is -2.16. The number of carbonyl (C=O) groups is 2. The van der Waals surface area contributed by atoms with E-state index in [9.17, 15) is 9.59 Å². The number of benzene rings is 2. The van der Waals surface area contributed by atoms with E-state index in [2.05, 4.69) is 12.2 Å². The van der Waals surface area contributed by atoms with Crippen molar-refractivity contribution in [1.82, 2.24) is 4.90 Å². The van der Waals surface area contributed by atoms with Crippen LogP contribution < -0.4 is 10.1 Å². The summed E-state index contributed by atoms with van der Waals surface area (Å²) in [4.78, 5) is 28.1. The van der Waals surface area contributed by atoms with Crippen LogP contribution >= 0.6 is 0 Å². The van der Waals surface area contributed by atoms with Crippen LogP contribution in [0.15, 0.2) is 48.2 Å². The van der Waals surface area contributed by atoms with Gasteiger partial charge >= 0.3 is 0 Å². The highest BCUT2D eigenvalue weighted by atomic mass is 16.5. The second-order valence-electron chi connectivity index (χ2n) is 7.98. The van der Waals surface area contributed by atoms with Crippen molar-refractivity contribution in [2.75, 3.05) is 32.2 Å². The molecule has 6 nitrogen and oxygen atoms in total. The van der Waals surface area contributed by atoms with Crippen LogP contribution in [0, 0.1) is 13.8 Å². The predicted molar refractivity (Wildman–Crippen MR) is 127 cm³/mol. The van der Waals surface area contributed by atoms with E-state index >= 15 is 0 Å². The quantitative estimate of drug-likeness (QED) is 0.408. The van der Waals surface area contributed by atoms with Gasteiger partial charge in [-0.25, -0.2) is 0 Å². The second kappa shape index (κ2) is 11.0. The zero-order chi connectivity index (χ0) is 23.1. The highest BCUT2D eigenvalue weighted by Gasteiger charge is 2.40. The molecule has 0 aromatic heterocycles. The van der Waals surface area contributed by atoms with Crippen LogP contribution in [0.25, 0.3) is 5.57 Å². The standard InChI is InChI=1S/C26H32N2O4/c1-5-6-15-32-16-9-14-28-25(29)23(20-10-7-8-11-22(20)31-4)24(26(28)30)27-21-17-18(2)12-13-19(21)3/h7-8,10-13,17,27H,5-6,9,14-16H2,1-4H3. The first kappa shape index (κ1) is 23.5. The second-order valence-corrected chi connectivity index (χ2v) is 7.98. The lowest BCUT2D eigenvalue weighted by atomic mass is 10.0. The third-order valence-electron chi connectivity index (χ3n) is 5.51. The first-order valence-electron chi connectivity index (χ1n) is 11.1. The van der Waals surface area contributed by atoms with Crippen molar-refractivity contribution in [3.63, 3.8) is 0 Å². The monoisotopic (exact) mass is 436 g/mol. The van der Waals surface area contributed by atoms with E-state index in [1.807, 2.05) is 50.2 Å². The molecule has 0 unspecified atom stereocenters. The average Bonchev–Trinajstić information content (AvgIpc) is 3.02. The Labute approximate surface area is 190 Å². The third-order valence-corrected chi connectivity index (χ3v) is 5.51. The summed E-state index contributed by atoms with van der Waals surface area (Å²) in [6.45, 7) is 7.59. The van der Waals surface area contributed by atoms with Gasteiger partial charge in [0, 0.05) is 31.0 Å². The van der Waals surface area contributed by atoms with Crippen LogP contribution in [-0.2, 0) is 14.3 Å². The van der Waals surface area contributed by atoms with Gasteiger partial charge in [-0.3, -0.25) is 14.5 Å². The molecule has 1 N–H and O–H groups in total. The van der Waals surface area contributed by atoms with E-state index in [0.717, 1.165) is 29.7 Å². The van der Waals surface area contributed by atoms with Gasteiger partial charge in [0.2, 0.25) is 0 Å². The molecule has 0 radical (unpaired) electrons. The molecule has 0 saturated carbocycles. The Morgan fingerprint density at radius 1 is 0.969 bits per heavy atom. The highest BCUT2D eigenvalue weighted by molar-refractivity contribution is 6.37. The molecule has 1 aliphatic rings. The summed E-state index contributed by atoms with van der Waals surface area (Å²) in [5.41, 5.74) is 4.07. The Bertz CT molecular complexity index is 1010. The SMILES string of the molecule is CCCCOCCCN1C(=O)C(Nc2cc(C)ccc2C)=C(c2ccccc2OC)C1=O. The molecule has 170 valence electrons. The number of imide groups is 1. The topological polar surface area (TPSA) is 67.9 Å². The molecule has 1 aliphatic heterocycles. The van der Waals surface area contributed by atoms with Crippen LogP contribution in [0.2, 0.25) is 0 Å². The number of aryl methyl sites for hydroxylation is 2. The first-order valence-corrected chi connectivity index (χ1v) is 11.1. The fourth-order valence-electron chi connectivity index (χ4n) is 3.67. The fraction of sp³-hybridized carbons (Fsp3) is 0.385. The molecule has 0 aliphatic carbocycles. The van der Waals surface area contributed by atoms with Gasteiger partial charge in [-0.2, -0.15) is 0 Å². The number of amides is 2. The number of rotatable bonds is 11. The van der Waals surface area contributed by atoms with Crippen molar-refractivity contribution < 1.29 is 19.1 Å². The summed E-state index contributed by atoms with van der Waals surface area (Å²) >= 11 is 0. The number of methoxy groups -OCH3 is 1. The Balaban J connectivity index is 1.92. The third kappa shape index (κ3) is 5.19. The lowest BCUT2D eigenvalue weighted by Crippen LogP contribution is -2.34. The Hall–Kier alpha value is -3.12.